The van der Waals surface area contributed by atoms with E-state index >= 15 is 0 Å². The maximum absolute atomic E-state index is 12.8. The molecule has 0 aromatic carbocycles. The van der Waals surface area contributed by atoms with Crippen LogP contribution in [0.25, 0.3) is 5.65 Å². The summed E-state index contributed by atoms with van der Waals surface area (Å²) in [4.78, 5) is 27.5. The van der Waals surface area contributed by atoms with Gasteiger partial charge >= 0.3 is 0 Å². The zero-order chi connectivity index (χ0) is 15.6. The number of amides is 1. The topological polar surface area (TPSA) is 76.3 Å². The van der Waals surface area contributed by atoms with Crippen LogP contribution in [0.15, 0.2) is 43.2 Å². The van der Waals surface area contributed by atoms with Crippen molar-refractivity contribution in [3.05, 3.63) is 54.5 Å². The molecular formula is C16H16N6O. The first-order valence-electron chi connectivity index (χ1n) is 7.66. The van der Waals surface area contributed by atoms with Crippen LogP contribution in [-0.2, 0) is 0 Å². The van der Waals surface area contributed by atoms with Gasteiger partial charge in [-0.25, -0.2) is 9.50 Å². The minimum atomic E-state index is -0.0210. The summed E-state index contributed by atoms with van der Waals surface area (Å²) < 4.78 is 1.62. The minimum Gasteiger partial charge on any atom is -0.338 e. The van der Waals surface area contributed by atoms with Crippen molar-refractivity contribution in [3.8, 4) is 0 Å². The molecule has 0 spiro atoms. The molecule has 1 aliphatic heterocycles. The van der Waals surface area contributed by atoms with Gasteiger partial charge in [0, 0.05) is 50.0 Å². The average molecular weight is 308 g/mol. The first-order chi connectivity index (χ1) is 11.3. The number of aromatic nitrogens is 5. The van der Waals surface area contributed by atoms with Crippen molar-refractivity contribution in [2.75, 3.05) is 13.1 Å². The predicted molar refractivity (Wildman–Crippen MR) is 82.9 cm³/mol. The number of fused-ring (bicyclic) bond motifs is 1. The monoisotopic (exact) mass is 308 g/mol. The molecule has 3 aromatic rings. The SMILES string of the molecule is O=C(c1cnn2cccnc12)N1CCCC(c2cnccn2)C1. The van der Waals surface area contributed by atoms with Crippen molar-refractivity contribution in [3.63, 3.8) is 0 Å². The number of nitrogens with zero attached hydrogens (tertiary/aromatic N) is 6. The third-order valence-corrected chi connectivity index (χ3v) is 4.22. The number of rotatable bonds is 2. The van der Waals surface area contributed by atoms with Crippen LogP contribution < -0.4 is 0 Å². The van der Waals surface area contributed by atoms with Crippen LogP contribution in [-0.4, -0.2) is 48.5 Å². The van der Waals surface area contributed by atoms with Crippen molar-refractivity contribution >= 4 is 11.6 Å². The quantitative estimate of drug-likeness (QED) is 0.718. The second-order valence-corrected chi connectivity index (χ2v) is 5.67. The fourth-order valence-electron chi connectivity index (χ4n) is 3.07. The molecule has 0 saturated carbocycles. The summed E-state index contributed by atoms with van der Waals surface area (Å²) in [5, 5.41) is 4.20. The smallest absolute Gasteiger partial charge is 0.259 e. The van der Waals surface area contributed by atoms with Gasteiger partial charge in [-0.15, -0.1) is 0 Å². The van der Waals surface area contributed by atoms with Crippen LogP contribution in [0.1, 0.15) is 34.8 Å². The maximum Gasteiger partial charge on any atom is 0.259 e. The van der Waals surface area contributed by atoms with E-state index in [1.165, 1.54) is 0 Å². The maximum atomic E-state index is 12.8. The Labute approximate surface area is 133 Å². The van der Waals surface area contributed by atoms with E-state index in [1.807, 2.05) is 4.90 Å². The summed E-state index contributed by atoms with van der Waals surface area (Å²) in [6.45, 7) is 1.40. The molecule has 0 aliphatic carbocycles. The highest BCUT2D eigenvalue weighted by Crippen LogP contribution is 2.26. The number of hydrogen-bond acceptors (Lipinski definition) is 5. The Bertz CT molecular complexity index is 831. The van der Waals surface area contributed by atoms with Gasteiger partial charge in [-0.2, -0.15) is 5.10 Å². The lowest BCUT2D eigenvalue weighted by molar-refractivity contribution is 0.0707. The Morgan fingerprint density at radius 1 is 1.17 bits per heavy atom. The molecule has 1 aliphatic rings. The van der Waals surface area contributed by atoms with Gasteiger partial charge in [0.2, 0.25) is 0 Å². The number of hydrogen-bond donors (Lipinski definition) is 0. The summed E-state index contributed by atoms with van der Waals surface area (Å²) in [6.07, 6.45) is 12.2. The normalized spacial score (nSPS) is 18.3. The van der Waals surface area contributed by atoms with Gasteiger partial charge in [0.15, 0.2) is 5.65 Å². The molecule has 0 bridgehead atoms. The minimum absolute atomic E-state index is 0.0210. The van der Waals surface area contributed by atoms with E-state index < -0.39 is 0 Å². The van der Waals surface area contributed by atoms with E-state index in [9.17, 15) is 4.79 Å². The average Bonchev–Trinajstić information content (AvgIpc) is 3.06. The summed E-state index contributed by atoms with van der Waals surface area (Å²) in [5.41, 5.74) is 2.09. The van der Waals surface area contributed by atoms with E-state index in [1.54, 1.807) is 47.8 Å². The largest absolute Gasteiger partial charge is 0.338 e. The van der Waals surface area contributed by atoms with Gasteiger partial charge in [-0.05, 0) is 18.9 Å². The molecule has 7 nitrogen and oxygen atoms in total. The van der Waals surface area contributed by atoms with Crippen molar-refractivity contribution in [1.82, 2.24) is 29.5 Å². The lowest BCUT2D eigenvalue weighted by atomic mass is 9.94. The van der Waals surface area contributed by atoms with Crippen LogP contribution in [0.2, 0.25) is 0 Å². The van der Waals surface area contributed by atoms with Crippen molar-refractivity contribution in [1.29, 1.82) is 0 Å². The van der Waals surface area contributed by atoms with Crippen molar-refractivity contribution in [2.45, 2.75) is 18.8 Å². The first-order valence-corrected chi connectivity index (χ1v) is 7.66. The standard InChI is InChI=1S/C16H16N6O/c23-16(13-9-20-22-8-2-4-19-15(13)22)21-7-1-3-12(11-21)14-10-17-5-6-18-14/h2,4-6,8-10,12H,1,3,7,11H2. The molecule has 4 rings (SSSR count). The van der Waals surface area contributed by atoms with Gasteiger partial charge in [0.1, 0.15) is 5.56 Å². The Morgan fingerprint density at radius 2 is 2.13 bits per heavy atom. The van der Waals surface area contributed by atoms with Crippen LogP contribution in [0.3, 0.4) is 0 Å². The van der Waals surface area contributed by atoms with Gasteiger partial charge in [0.05, 0.1) is 11.9 Å². The molecule has 0 N–H and O–H groups in total. The second kappa shape index (κ2) is 5.75. The fraction of sp³-hybridized carbons (Fsp3) is 0.312. The van der Waals surface area contributed by atoms with Crippen molar-refractivity contribution in [2.24, 2.45) is 0 Å². The number of carbonyl (C=O) groups is 1. The molecule has 1 unspecified atom stereocenters. The number of likely N-dealkylation sites (tertiary alicyclic amines) is 1. The van der Waals surface area contributed by atoms with E-state index in [4.69, 9.17) is 0 Å². The lowest BCUT2D eigenvalue weighted by Gasteiger charge is -2.32. The molecule has 0 radical (unpaired) electrons. The van der Waals surface area contributed by atoms with E-state index in [0.717, 1.165) is 25.1 Å². The molecule has 116 valence electrons. The highest BCUT2D eigenvalue weighted by molar-refractivity contribution is 5.99. The Kier molecular flexibility index (Phi) is 3.45. The van der Waals surface area contributed by atoms with Crippen LogP contribution >= 0.6 is 0 Å². The summed E-state index contributed by atoms with van der Waals surface area (Å²) in [5.74, 6) is 0.212. The third kappa shape index (κ3) is 2.54. The Balaban J connectivity index is 1.59. The lowest BCUT2D eigenvalue weighted by Crippen LogP contribution is -2.39. The number of carbonyl (C=O) groups excluding carboxylic acids is 1. The van der Waals surface area contributed by atoms with E-state index in [0.29, 0.717) is 17.8 Å². The van der Waals surface area contributed by atoms with E-state index in [2.05, 4.69) is 20.1 Å². The molecule has 4 heterocycles. The molecule has 7 heteroatoms. The number of piperidine rings is 1. The molecule has 3 aromatic heterocycles. The van der Waals surface area contributed by atoms with Crippen LogP contribution in [0.5, 0.6) is 0 Å². The highest BCUT2D eigenvalue weighted by Gasteiger charge is 2.28. The second-order valence-electron chi connectivity index (χ2n) is 5.67. The van der Waals surface area contributed by atoms with Crippen LogP contribution in [0, 0.1) is 0 Å². The predicted octanol–water partition coefficient (Wildman–Crippen LogP) is 1.54. The fourth-order valence-corrected chi connectivity index (χ4v) is 3.07. The van der Waals surface area contributed by atoms with E-state index in [-0.39, 0.29) is 11.8 Å². The molecule has 1 amide bonds. The molecule has 1 fully saturated rings. The summed E-state index contributed by atoms with van der Waals surface area (Å²) in [7, 11) is 0. The molecule has 23 heavy (non-hydrogen) atoms. The van der Waals surface area contributed by atoms with Gasteiger partial charge in [-0.1, -0.05) is 0 Å². The summed E-state index contributed by atoms with van der Waals surface area (Å²) >= 11 is 0. The first kappa shape index (κ1) is 13.8. The van der Waals surface area contributed by atoms with Gasteiger partial charge < -0.3 is 4.90 Å². The molecule has 1 saturated heterocycles. The molecular weight excluding hydrogens is 292 g/mol. The Hall–Kier alpha value is -2.83. The zero-order valence-corrected chi connectivity index (χ0v) is 12.5. The highest BCUT2D eigenvalue weighted by atomic mass is 16.2. The van der Waals surface area contributed by atoms with Crippen molar-refractivity contribution < 1.29 is 4.79 Å². The zero-order valence-electron chi connectivity index (χ0n) is 12.5. The summed E-state index contributed by atoms with van der Waals surface area (Å²) in [6, 6.07) is 1.79. The van der Waals surface area contributed by atoms with Crippen LogP contribution in [0.4, 0.5) is 0 Å². The van der Waals surface area contributed by atoms with Gasteiger partial charge in [-0.3, -0.25) is 14.8 Å². The Morgan fingerprint density at radius 3 is 3.00 bits per heavy atom. The third-order valence-electron chi connectivity index (χ3n) is 4.22. The molecule has 1 atom stereocenters. The van der Waals surface area contributed by atoms with Gasteiger partial charge in [0.25, 0.3) is 5.91 Å².